The second-order valence-electron chi connectivity index (χ2n) is 8.62. The molecule has 1 atom stereocenters. The molecule has 31 heavy (non-hydrogen) atoms. The third-order valence-electron chi connectivity index (χ3n) is 6.40. The quantitative estimate of drug-likeness (QED) is 0.691. The standard InChI is InChI=1S/C26H33N3OS/c1-4-19-14-18(3)17-31-26(19)28-24(5-2)23-16-21-6-8-22(29-12-10-27-11-13-29)15-20(21)7-9-25(23)30/h5-6,8,15-17,19,27H,4,7,9-14H2,1-3H3/b24-5-,28-26+. The molecule has 1 unspecified atom stereocenters. The van der Waals surface area contributed by atoms with Gasteiger partial charge in [-0.1, -0.05) is 36.4 Å². The summed E-state index contributed by atoms with van der Waals surface area (Å²) in [5.74, 6) is 0.637. The first-order chi connectivity index (χ1) is 15.1. The molecule has 2 heterocycles. The summed E-state index contributed by atoms with van der Waals surface area (Å²) in [6, 6.07) is 6.67. The molecule has 0 spiro atoms. The fourth-order valence-electron chi connectivity index (χ4n) is 4.52. The van der Waals surface area contributed by atoms with Gasteiger partial charge in [-0.3, -0.25) is 4.79 Å². The molecule has 0 saturated carbocycles. The lowest BCUT2D eigenvalue weighted by molar-refractivity contribution is -0.115. The third-order valence-corrected chi connectivity index (χ3v) is 7.59. The van der Waals surface area contributed by atoms with Crippen LogP contribution in [0.3, 0.4) is 0 Å². The van der Waals surface area contributed by atoms with Crippen molar-refractivity contribution in [3.8, 4) is 0 Å². The van der Waals surface area contributed by atoms with Crippen LogP contribution in [0.4, 0.5) is 5.69 Å². The number of piperazine rings is 1. The summed E-state index contributed by atoms with van der Waals surface area (Å²) >= 11 is 1.72. The molecular weight excluding hydrogens is 402 g/mol. The molecule has 4 nitrogen and oxygen atoms in total. The van der Waals surface area contributed by atoms with Gasteiger partial charge in [0.2, 0.25) is 0 Å². The monoisotopic (exact) mass is 435 g/mol. The van der Waals surface area contributed by atoms with E-state index in [9.17, 15) is 4.79 Å². The molecule has 0 bridgehead atoms. The lowest BCUT2D eigenvalue weighted by Crippen LogP contribution is -2.43. The smallest absolute Gasteiger partial charge is 0.165 e. The van der Waals surface area contributed by atoms with Gasteiger partial charge in [-0.05, 0) is 67.9 Å². The summed E-state index contributed by atoms with van der Waals surface area (Å²) in [5, 5.41) is 6.75. The van der Waals surface area contributed by atoms with E-state index in [-0.39, 0.29) is 5.78 Å². The number of ketones is 1. The van der Waals surface area contributed by atoms with Crippen LogP contribution in [0.5, 0.6) is 0 Å². The van der Waals surface area contributed by atoms with E-state index >= 15 is 0 Å². The predicted molar refractivity (Wildman–Crippen MR) is 134 cm³/mol. The molecule has 4 rings (SSSR count). The summed E-state index contributed by atoms with van der Waals surface area (Å²) in [4.78, 5) is 20.5. The highest BCUT2D eigenvalue weighted by Crippen LogP contribution is 2.34. The van der Waals surface area contributed by atoms with Gasteiger partial charge in [0.05, 0.1) is 10.7 Å². The Morgan fingerprint density at radius 3 is 2.84 bits per heavy atom. The second-order valence-corrected chi connectivity index (χ2v) is 9.51. The van der Waals surface area contributed by atoms with E-state index in [0.717, 1.165) is 67.3 Å². The number of thioether (sulfide) groups is 1. The molecule has 0 aromatic heterocycles. The normalized spacial score (nSPS) is 23.9. The van der Waals surface area contributed by atoms with Crippen molar-refractivity contribution in [3.63, 3.8) is 0 Å². The molecule has 0 radical (unpaired) electrons. The number of nitrogens with one attached hydrogen (secondary N) is 1. The van der Waals surface area contributed by atoms with Crippen LogP contribution in [0.1, 0.15) is 51.2 Å². The molecule has 1 aromatic rings. The van der Waals surface area contributed by atoms with Crippen molar-refractivity contribution >= 4 is 34.4 Å². The Bertz CT molecular complexity index is 967. The van der Waals surface area contributed by atoms with Crippen LogP contribution in [-0.2, 0) is 11.2 Å². The van der Waals surface area contributed by atoms with Crippen LogP contribution >= 0.6 is 11.8 Å². The summed E-state index contributed by atoms with van der Waals surface area (Å²) < 4.78 is 0. The van der Waals surface area contributed by atoms with E-state index in [0.29, 0.717) is 12.3 Å². The number of benzene rings is 1. The summed E-state index contributed by atoms with van der Waals surface area (Å²) in [7, 11) is 0. The number of aliphatic imine (C=N–C) groups is 1. The average Bonchev–Trinajstić information content (AvgIpc) is 2.97. The van der Waals surface area contributed by atoms with Crippen molar-refractivity contribution in [3.05, 3.63) is 57.7 Å². The molecule has 164 valence electrons. The number of carbonyl (C=O) groups excluding carboxylic acids is 1. The van der Waals surface area contributed by atoms with Crippen molar-refractivity contribution in [1.82, 2.24) is 5.32 Å². The molecule has 1 N–H and O–H groups in total. The van der Waals surface area contributed by atoms with E-state index in [1.54, 1.807) is 11.8 Å². The Balaban J connectivity index is 1.65. The second kappa shape index (κ2) is 10.0. The van der Waals surface area contributed by atoms with Gasteiger partial charge in [-0.2, -0.15) is 0 Å². The Kier molecular flexibility index (Phi) is 7.13. The van der Waals surface area contributed by atoms with Crippen molar-refractivity contribution in [2.75, 3.05) is 31.1 Å². The van der Waals surface area contributed by atoms with Crippen LogP contribution in [0, 0.1) is 5.92 Å². The van der Waals surface area contributed by atoms with Crippen molar-refractivity contribution in [1.29, 1.82) is 0 Å². The van der Waals surface area contributed by atoms with Crippen molar-refractivity contribution in [2.45, 2.75) is 46.5 Å². The summed E-state index contributed by atoms with van der Waals surface area (Å²) in [5.41, 5.74) is 6.67. The number of fused-ring (bicyclic) bond motifs is 1. The Morgan fingerprint density at radius 2 is 2.10 bits per heavy atom. The zero-order valence-corrected chi connectivity index (χ0v) is 19.7. The maximum absolute atomic E-state index is 13.1. The van der Waals surface area contributed by atoms with E-state index in [1.165, 1.54) is 16.8 Å². The molecule has 1 saturated heterocycles. The fourth-order valence-corrected chi connectivity index (χ4v) is 5.53. The molecule has 3 aliphatic rings. The van der Waals surface area contributed by atoms with Gasteiger partial charge in [-0.25, -0.2) is 4.99 Å². The molecular formula is C26H33N3OS. The van der Waals surface area contributed by atoms with E-state index in [1.807, 2.05) is 13.0 Å². The number of aryl methyl sites for hydroxylation is 1. The Hall–Kier alpha value is -2.11. The van der Waals surface area contributed by atoms with Gasteiger partial charge in [0.1, 0.15) is 0 Å². The van der Waals surface area contributed by atoms with E-state index in [2.05, 4.69) is 53.7 Å². The summed E-state index contributed by atoms with van der Waals surface area (Å²) in [6.45, 7) is 10.5. The first kappa shape index (κ1) is 22.1. The third kappa shape index (κ3) is 5.04. The average molecular weight is 436 g/mol. The molecule has 1 aliphatic carbocycles. The van der Waals surface area contributed by atoms with E-state index < -0.39 is 0 Å². The number of carbonyl (C=O) groups is 1. The number of Topliss-reactive ketones (excluding diaryl/α,β-unsaturated/α-hetero) is 1. The number of anilines is 1. The first-order valence-corrected chi connectivity index (χ1v) is 12.4. The topological polar surface area (TPSA) is 44.7 Å². The maximum Gasteiger partial charge on any atom is 0.165 e. The predicted octanol–water partition coefficient (Wildman–Crippen LogP) is 5.36. The highest BCUT2D eigenvalue weighted by Gasteiger charge is 2.23. The van der Waals surface area contributed by atoms with Gasteiger partial charge in [-0.15, -0.1) is 0 Å². The number of rotatable bonds is 4. The zero-order valence-electron chi connectivity index (χ0n) is 18.9. The number of allylic oxidation sites excluding steroid dienone is 3. The minimum atomic E-state index is 0.193. The first-order valence-electron chi connectivity index (χ1n) is 11.5. The highest BCUT2D eigenvalue weighted by molar-refractivity contribution is 8.16. The fraction of sp³-hybridized carbons (Fsp3) is 0.462. The molecule has 1 fully saturated rings. The Morgan fingerprint density at radius 1 is 1.29 bits per heavy atom. The van der Waals surface area contributed by atoms with Crippen molar-refractivity contribution < 1.29 is 4.79 Å². The van der Waals surface area contributed by atoms with E-state index in [4.69, 9.17) is 4.99 Å². The minimum Gasteiger partial charge on any atom is -0.369 e. The molecule has 1 aromatic carbocycles. The number of nitrogens with zero attached hydrogens (tertiary/aromatic N) is 2. The van der Waals surface area contributed by atoms with Crippen LogP contribution < -0.4 is 10.2 Å². The van der Waals surface area contributed by atoms with Gasteiger partial charge in [0.15, 0.2) is 5.78 Å². The number of hydrogen-bond acceptors (Lipinski definition) is 5. The molecule has 5 heteroatoms. The minimum absolute atomic E-state index is 0.193. The van der Waals surface area contributed by atoms with Gasteiger partial charge in [0.25, 0.3) is 0 Å². The SMILES string of the molecule is C/C=C(\N=C1\SC=C(C)CC1CC)C1=Cc2ccc(N3CCNCC3)cc2CCC1=O. The largest absolute Gasteiger partial charge is 0.369 e. The maximum atomic E-state index is 13.1. The molecule has 2 aliphatic heterocycles. The van der Waals surface area contributed by atoms with Crippen LogP contribution in [0.25, 0.3) is 6.08 Å². The van der Waals surface area contributed by atoms with Gasteiger partial charge >= 0.3 is 0 Å². The van der Waals surface area contributed by atoms with Crippen LogP contribution in [0.15, 0.2) is 51.5 Å². The van der Waals surface area contributed by atoms with Gasteiger partial charge < -0.3 is 10.2 Å². The molecule has 0 amide bonds. The Labute approximate surface area is 190 Å². The van der Waals surface area contributed by atoms with Crippen LogP contribution in [-0.4, -0.2) is 37.0 Å². The van der Waals surface area contributed by atoms with Gasteiger partial charge in [0, 0.05) is 49.8 Å². The summed E-state index contributed by atoms with van der Waals surface area (Å²) in [6.07, 6.45) is 7.52. The lowest BCUT2D eigenvalue weighted by atomic mass is 9.98. The van der Waals surface area contributed by atoms with Crippen molar-refractivity contribution in [2.24, 2.45) is 10.9 Å². The zero-order chi connectivity index (χ0) is 21.8. The highest BCUT2D eigenvalue weighted by atomic mass is 32.2. The lowest BCUT2D eigenvalue weighted by Gasteiger charge is -2.30. The number of hydrogen-bond donors (Lipinski definition) is 1. The van der Waals surface area contributed by atoms with Crippen LogP contribution in [0.2, 0.25) is 0 Å².